The molecule has 0 bridgehead atoms. The van der Waals surface area contributed by atoms with E-state index < -0.39 is 0 Å². The first-order valence-electron chi connectivity index (χ1n) is 7.85. The highest BCUT2D eigenvalue weighted by Gasteiger charge is 2.17. The van der Waals surface area contributed by atoms with Crippen LogP contribution in [0.25, 0.3) is 11.4 Å². The molecule has 3 aromatic rings. The van der Waals surface area contributed by atoms with E-state index in [1.165, 1.54) is 0 Å². The van der Waals surface area contributed by atoms with E-state index in [0.717, 1.165) is 21.2 Å². The van der Waals surface area contributed by atoms with Crippen molar-refractivity contribution < 1.29 is 9.32 Å². The number of aromatic nitrogens is 2. The van der Waals surface area contributed by atoms with Crippen LogP contribution in [0.4, 0.5) is 0 Å². The van der Waals surface area contributed by atoms with Crippen LogP contribution in [0.2, 0.25) is 0 Å². The van der Waals surface area contributed by atoms with E-state index >= 15 is 0 Å². The standard InChI is InChI=1S/C19H18BrN3O2/c1-12-7-8-16(13(2)9-12)19(24)23(3)11-17-21-18(22-25-17)14-5-4-6-15(20)10-14/h4-10H,11H2,1-3H3. The molecular formula is C19H18BrN3O2. The van der Waals surface area contributed by atoms with Crippen molar-refractivity contribution in [2.45, 2.75) is 20.4 Å². The molecule has 0 fully saturated rings. The van der Waals surface area contributed by atoms with Gasteiger partial charge in [0.1, 0.15) is 0 Å². The van der Waals surface area contributed by atoms with E-state index in [1.807, 2.05) is 56.3 Å². The van der Waals surface area contributed by atoms with Gasteiger partial charge in [-0.3, -0.25) is 4.79 Å². The fourth-order valence-corrected chi connectivity index (χ4v) is 3.00. The number of carbonyl (C=O) groups excluding carboxylic acids is 1. The molecular weight excluding hydrogens is 382 g/mol. The fourth-order valence-electron chi connectivity index (χ4n) is 2.60. The number of carbonyl (C=O) groups is 1. The third-order valence-corrected chi connectivity index (χ3v) is 4.38. The summed E-state index contributed by atoms with van der Waals surface area (Å²) in [4.78, 5) is 18.6. The average Bonchev–Trinajstić information content (AvgIpc) is 3.03. The Morgan fingerprint density at radius 3 is 2.72 bits per heavy atom. The minimum atomic E-state index is -0.0697. The van der Waals surface area contributed by atoms with E-state index in [9.17, 15) is 4.79 Å². The first-order chi connectivity index (χ1) is 11.9. The summed E-state index contributed by atoms with van der Waals surface area (Å²) < 4.78 is 6.24. The summed E-state index contributed by atoms with van der Waals surface area (Å²) in [5.74, 6) is 0.832. The Balaban J connectivity index is 1.75. The summed E-state index contributed by atoms with van der Waals surface area (Å²) in [7, 11) is 1.73. The fraction of sp³-hybridized carbons (Fsp3) is 0.211. The highest BCUT2D eigenvalue weighted by Crippen LogP contribution is 2.21. The second-order valence-corrected chi connectivity index (χ2v) is 6.92. The van der Waals surface area contributed by atoms with Gasteiger partial charge in [-0.2, -0.15) is 4.98 Å². The summed E-state index contributed by atoms with van der Waals surface area (Å²) in [5, 5.41) is 4.00. The Morgan fingerprint density at radius 2 is 2.00 bits per heavy atom. The maximum absolute atomic E-state index is 12.6. The Kier molecular flexibility index (Phi) is 4.99. The summed E-state index contributed by atoms with van der Waals surface area (Å²) in [6.07, 6.45) is 0. The number of hydrogen-bond donors (Lipinski definition) is 0. The van der Waals surface area contributed by atoms with Crippen LogP contribution in [-0.4, -0.2) is 28.0 Å². The van der Waals surface area contributed by atoms with Gasteiger partial charge in [0.15, 0.2) is 0 Å². The molecule has 1 amide bonds. The van der Waals surface area contributed by atoms with Crippen LogP contribution >= 0.6 is 15.9 Å². The molecule has 0 spiro atoms. The summed E-state index contributed by atoms with van der Waals surface area (Å²) >= 11 is 3.42. The van der Waals surface area contributed by atoms with Gasteiger partial charge in [-0.05, 0) is 37.6 Å². The van der Waals surface area contributed by atoms with Crippen LogP contribution in [0.15, 0.2) is 51.5 Å². The molecule has 0 N–H and O–H groups in total. The van der Waals surface area contributed by atoms with Crippen LogP contribution in [0.3, 0.4) is 0 Å². The molecule has 128 valence electrons. The highest BCUT2D eigenvalue weighted by atomic mass is 79.9. The molecule has 6 heteroatoms. The molecule has 2 aromatic carbocycles. The average molecular weight is 400 g/mol. The van der Waals surface area contributed by atoms with Crippen molar-refractivity contribution in [1.82, 2.24) is 15.0 Å². The molecule has 0 aliphatic carbocycles. The molecule has 0 aliphatic rings. The van der Waals surface area contributed by atoms with Gasteiger partial charge in [-0.1, -0.05) is 50.9 Å². The lowest BCUT2D eigenvalue weighted by atomic mass is 10.0. The van der Waals surface area contributed by atoms with E-state index in [-0.39, 0.29) is 12.5 Å². The third-order valence-electron chi connectivity index (χ3n) is 3.88. The van der Waals surface area contributed by atoms with Gasteiger partial charge in [0.05, 0.1) is 6.54 Å². The van der Waals surface area contributed by atoms with Gasteiger partial charge in [-0.15, -0.1) is 0 Å². The largest absolute Gasteiger partial charge is 0.337 e. The molecule has 0 atom stereocenters. The third kappa shape index (κ3) is 3.96. The smallest absolute Gasteiger partial charge is 0.254 e. The lowest BCUT2D eigenvalue weighted by molar-refractivity contribution is 0.0769. The summed E-state index contributed by atoms with van der Waals surface area (Å²) in [5.41, 5.74) is 3.62. The van der Waals surface area contributed by atoms with Gasteiger partial charge in [0, 0.05) is 22.6 Å². The second-order valence-electron chi connectivity index (χ2n) is 6.00. The van der Waals surface area contributed by atoms with Crippen molar-refractivity contribution in [2.75, 3.05) is 7.05 Å². The maximum Gasteiger partial charge on any atom is 0.254 e. The number of hydrogen-bond acceptors (Lipinski definition) is 4. The van der Waals surface area contributed by atoms with E-state index in [2.05, 4.69) is 26.1 Å². The van der Waals surface area contributed by atoms with Crippen LogP contribution in [0.1, 0.15) is 27.4 Å². The highest BCUT2D eigenvalue weighted by molar-refractivity contribution is 9.10. The van der Waals surface area contributed by atoms with Crippen LogP contribution in [0, 0.1) is 13.8 Å². The topological polar surface area (TPSA) is 59.2 Å². The molecule has 0 unspecified atom stereocenters. The van der Waals surface area contributed by atoms with Crippen molar-refractivity contribution in [2.24, 2.45) is 0 Å². The van der Waals surface area contributed by atoms with Gasteiger partial charge >= 0.3 is 0 Å². The predicted molar refractivity (Wildman–Crippen MR) is 99.1 cm³/mol. The van der Waals surface area contributed by atoms with Gasteiger partial charge in [0.2, 0.25) is 11.7 Å². The van der Waals surface area contributed by atoms with Crippen LogP contribution in [0.5, 0.6) is 0 Å². The van der Waals surface area contributed by atoms with Gasteiger partial charge in [0.25, 0.3) is 5.91 Å². The van der Waals surface area contributed by atoms with Crippen molar-refractivity contribution in [1.29, 1.82) is 0 Å². The molecule has 0 saturated carbocycles. The van der Waals surface area contributed by atoms with E-state index in [4.69, 9.17) is 4.52 Å². The molecule has 0 aliphatic heterocycles. The molecule has 25 heavy (non-hydrogen) atoms. The molecule has 5 nitrogen and oxygen atoms in total. The molecule has 0 radical (unpaired) electrons. The lowest BCUT2D eigenvalue weighted by Gasteiger charge is -2.16. The zero-order chi connectivity index (χ0) is 18.0. The summed E-state index contributed by atoms with van der Waals surface area (Å²) in [6, 6.07) is 13.4. The Morgan fingerprint density at radius 1 is 1.20 bits per heavy atom. The van der Waals surface area contributed by atoms with Crippen LogP contribution < -0.4 is 0 Å². The van der Waals surface area contributed by atoms with Crippen LogP contribution in [-0.2, 0) is 6.54 Å². The zero-order valence-corrected chi connectivity index (χ0v) is 15.9. The minimum absolute atomic E-state index is 0.0697. The van der Waals surface area contributed by atoms with Gasteiger partial charge < -0.3 is 9.42 Å². The number of aryl methyl sites for hydroxylation is 2. The number of benzene rings is 2. The number of nitrogens with zero attached hydrogens (tertiary/aromatic N) is 3. The predicted octanol–water partition coefficient (Wildman–Crippen LogP) is 4.39. The molecule has 0 saturated heterocycles. The maximum atomic E-state index is 12.6. The quantitative estimate of drug-likeness (QED) is 0.652. The van der Waals surface area contributed by atoms with E-state index in [0.29, 0.717) is 17.3 Å². The number of rotatable bonds is 4. The van der Waals surface area contributed by atoms with E-state index in [1.54, 1.807) is 11.9 Å². The number of amides is 1. The Hall–Kier alpha value is -2.47. The first kappa shape index (κ1) is 17.4. The minimum Gasteiger partial charge on any atom is -0.337 e. The van der Waals surface area contributed by atoms with Crippen molar-refractivity contribution in [3.63, 3.8) is 0 Å². The molecule has 1 heterocycles. The molecule has 3 rings (SSSR count). The SMILES string of the molecule is Cc1ccc(C(=O)N(C)Cc2nc(-c3cccc(Br)c3)no2)c(C)c1. The second kappa shape index (κ2) is 7.19. The zero-order valence-electron chi connectivity index (χ0n) is 14.3. The molecule has 1 aromatic heterocycles. The number of halogens is 1. The van der Waals surface area contributed by atoms with Crippen molar-refractivity contribution >= 4 is 21.8 Å². The Labute approximate surface area is 154 Å². The van der Waals surface area contributed by atoms with Crippen molar-refractivity contribution in [3.8, 4) is 11.4 Å². The van der Waals surface area contributed by atoms with Crippen molar-refractivity contribution in [3.05, 3.63) is 69.5 Å². The first-order valence-corrected chi connectivity index (χ1v) is 8.64. The lowest BCUT2D eigenvalue weighted by Crippen LogP contribution is -2.27. The van der Waals surface area contributed by atoms with Gasteiger partial charge in [-0.25, -0.2) is 0 Å². The summed E-state index contributed by atoms with van der Waals surface area (Å²) in [6.45, 7) is 4.20. The normalized spacial score (nSPS) is 10.7. The Bertz CT molecular complexity index is 921. The monoisotopic (exact) mass is 399 g/mol.